The highest BCUT2D eigenvalue weighted by atomic mass is 79.9. The molecule has 1 aliphatic rings. The number of halogens is 1. The van der Waals surface area contributed by atoms with Crippen LogP contribution in [0.1, 0.15) is 11.1 Å². The number of ether oxygens (including phenoxy) is 3. The van der Waals surface area contributed by atoms with Gasteiger partial charge in [-0.25, -0.2) is 0 Å². The minimum atomic E-state index is 0.302. The number of rotatable bonds is 6. The summed E-state index contributed by atoms with van der Waals surface area (Å²) in [6.45, 7) is 2.00. The molecule has 0 aliphatic carbocycles. The lowest BCUT2D eigenvalue weighted by atomic mass is 10.1. The molecule has 22 heavy (non-hydrogen) atoms. The number of benzene rings is 2. The lowest BCUT2D eigenvalue weighted by molar-refractivity contribution is 0.174. The van der Waals surface area contributed by atoms with Crippen molar-refractivity contribution in [2.75, 3.05) is 20.4 Å². The Balaban J connectivity index is 1.50. The van der Waals surface area contributed by atoms with Crippen LogP contribution in [-0.4, -0.2) is 20.4 Å². The molecule has 1 aliphatic heterocycles. The lowest BCUT2D eigenvalue weighted by Gasteiger charge is -2.09. The van der Waals surface area contributed by atoms with E-state index in [4.69, 9.17) is 14.2 Å². The fraction of sp³-hybridized carbons (Fsp3) is 0.294. The maximum Gasteiger partial charge on any atom is 0.231 e. The first-order valence-electron chi connectivity index (χ1n) is 7.18. The van der Waals surface area contributed by atoms with E-state index in [0.717, 1.165) is 41.2 Å². The van der Waals surface area contributed by atoms with Crippen LogP contribution in [-0.2, 0) is 13.0 Å². The third kappa shape index (κ3) is 3.54. The lowest BCUT2D eigenvalue weighted by Crippen LogP contribution is -2.17. The molecule has 1 heterocycles. The largest absolute Gasteiger partial charge is 0.497 e. The van der Waals surface area contributed by atoms with Crippen molar-refractivity contribution < 1.29 is 14.2 Å². The van der Waals surface area contributed by atoms with Gasteiger partial charge in [0, 0.05) is 11.0 Å². The van der Waals surface area contributed by atoms with Gasteiger partial charge in [-0.05, 0) is 48.4 Å². The van der Waals surface area contributed by atoms with Gasteiger partial charge in [-0.2, -0.15) is 0 Å². The van der Waals surface area contributed by atoms with Crippen LogP contribution in [0.2, 0.25) is 0 Å². The molecule has 2 aromatic carbocycles. The predicted octanol–water partition coefficient (Wildman–Crippen LogP) is 3.52. The molecule has 3 rings (SSSR count). The van der Waals surface area contributed by atoms with Crippen molar-refractivity contribution in [2.24, 2.45) is 0 Å². The van der Waals surface area contributed by atoms with Gasteiger partial charge in [-0.3, -0.25) is 0 Å². The molecular formula is C17H18BrNO3. The van der Waals surface area contributed by atoms with Crippen LogP contribution in [0.15, 0.2) is 40.9 Å². The van der Waals surface area contributed by atoms with Crippen molar-refractivity contribution in [3.8, 4) is 17.2 Å². The van der Waals surface area contributed by atoms with E-state index in [1.807, 2.05) is 24.3 Å². The molecule has 0 atom stereocenters. The Bertz CT molecular complexity index is 643. The highest BCUT2D eigenvalue weighted by molar-refractivity contribution is 9.10. The van der Waals surface area contributed by atoms with E-state index in [2.05, 4.69) is 33.4 Å². The van der Waals surface area contributed by atoms with Crippen molar-refractivity contribution >= 4 is 15.9 Å². The quantitative estimate of drug-likeness (QED) is 0.797. The van der Waals surface area contributed by atoms with Gasteiger partial charge in [-0.1, -0.05) is 28.1 Å². The summed E-state index contributed by atoms with van der Waals surface area (Å²) in [6, 6.07) is 12.1. The predicted molar refractivity (Wildman–Crippen MR) is 88.7 cm³/mol. The first-order valence-corrected chi connectivity index (χ1v) is 7.97. The second kappa shape index (κ2) is 7.03. The van der Waals surface area contributed by atoms with Gasteiger partial charge < -0.3 is 19.5 Å². The molecule has 0 spiro atoms. The summed E-state index contributed by atoms with van der Waals surface area (Å²) in [5.74, 6) is 2.50. The van der Waals surface area contributed by atoms with E-state index in [1.165, 1.54) is 11.1 Å². The Morgan fingerprint density at radius 2 is 1.86 bits per heavy atom. The molecule has 0 saturated carbocycles. The number of fused-ring (bicyclic) bond motifs is 1. The van der Waals surface area contributed by atoms with Gasteiger partial charge in [0.05, 0.1) is 7.11 Å². The standard InChI is InChI=1S/C17H18BrNO3/c1-20-14-4-2-12(3-5-14)6-7-19-10-13-8-16-17(9-15(13)18)22-11-21-16/h2-5,8-9,19H,6-7,10-11H2,1H3. The second-order valence-electron chi connectivity index (χ2n) is 5.07. The number of methoxy groups -OCH3 is 1. The Hall–Kier alpha value is -1.72. The summed E-state index contributed by atoms with van der Waals surface area (Å²) in [5, 5.41) is 3.45. The molecule has 0 amide bonds. The van der Waals surface area contributed by atoms with E-state index < -0.39 is 0 Å². The number of nitrogens with one attached hydrogen (secondary N) is 1. The molecular weight excluding hydrogens is 346 g/mol. The molecule has 0 saturated heterocycles. The van der Waals surface area contributed by atoms with E-state index >= 15 is 0 Å². The molecule has 2 aromatic rings. The highest BCUT2D eigenvalue weighted by Crippen LogP contribution is 2.36. The zero-order valence-corrected chi connectivity index (χ0v) is 14.0. The summed E-state index contributed by atoms with van der Waals surface area (Å²) in [4.78, 5) is 0. The van der Waals surface area contributed by atoms with Gasteiger partial charge >= 0.3 is 0 Å². The van der Waals surface area contributed by atoms with Crippen molar-refractivity contribution in [2.45, 2.75) is 13.0 Å². The van der Waals surface area contributed by atoms with Gasteiger partial charge in [0.1, 0.15) is 5.75 Å². The summed E-state index contributed by atoms with van der Waals surface area (Å²) in [7, 11) is 1.68. The topological polar surface area (TPSA) is 39.7 Å². The minimum absolute atomic E-state index is 0.302. The maximum atomic E-state index is 5.41. The molecule has 0 radical (unpaired) electrons. The first-order chi connectivity index (χ1) is 10.8. The summed E-state index contributed by atoms with van der Waals surface area (Å²) in [5.41, 5.74) is 2.46. The van der Waals surface area contributed by atoms with Gasteiger partial charge in [0.15, 0.2) is 11.5 Å². The third-order valence-corrected chi connectivity index (χ3v) is 4.34. The van der Waals surface area contributed by atoms with Crippen LogP contribution < -0.4 is 19.5 Å². The van der Waals surface area contributed by atoms with E-state index in [9.17, 15) is 0 Å². The molecule has 0 bridgehead atoms. The fourth-order valence-corrected chi connectivity index (χ4v) is 2.81. The normalized spacial score (nSPS) is 12.5. The van der Waals surface area contributed by atoms with Crippen molar-refractivity contribution in [3.05, 3.63) is 52.0 Å². The summed E-state index contributed by atoms with van der Waals surface area (Å²) >= 11 is 3.57. The molecule has 0 fully saturated rings. The summed E-state index contributed by atoms with van der Waals surface area (Å²) < 4.78 is 17.0. The number of hydrogen-bond acceptors (Lipinski definition) is 4. The second-order valence-corrected chi connectivity index (χ2v) is 5.93. The molecule has 0 unspecified atom stereocenters. The van der Waals surface area contributed by atoms with Gasteiger partial charge in [0.25, 0.3) is 0 Å². The Kier molecular flexibility index (Phi) is 4.85. The average Bonchev–Trinajstić information content (AvgIpc) is 2.99. The Morgan fingerprint density at radius 3 is 2.59 bits per heavy atom. The van der Waals surface area contributed by atoms with E-state index in [0.29, 0.717) is 6.79 Å². The molecule has 0 aromatic heterocycles. The van der Waals surface area contributed by atoms with Crippen molar-refractivity contribution in [3.63, 3.8) is 0 Å². The Labute approximate surface area is 138 Å². The number of hydrogen-bond donors (Lipinski definition) is 1. The van der Waals surface area contributed by atoms with E-state index in [-0.39, 0.29) is 0 Å². The van der Waals surface area contributed by atoms with Crippen molar-refractivity contribution in [1.29, 1.82) is 0 Å². The molecule has 5 heteroatoms. The monoisotopic (exact) mass is 363 g/mol. The average molecular weight is 364 g/mol. The third-order valence-electron chi connectivity index (χ3n) is 3.61. The van der Waals surface area contributed by atoms with Gasteiger partial charge in [0.2, 0.25) is 6.79 Å². The van der Waals surface area contributed by atoms with Crippen molar-refractivity contribution in [1.82, 2.24) is 5.32 Å². The van der Waals surface area contributed by atoms with E-state index in [1.54, 1.807) is 7.11 Å². The van der Waals surface area contributed by atoms with Crippen LogP contribution in [0.4, 0.5) is 0 Å². The van der Waals surface area contributed by atoms with Crippen LogP contribution in [0.5, 0.6) is 17.2 Å². The molecule has 1 N–H and O–H groups in total. The molecule has 116 valence electrons. The molecule has 4 nitrogen and oxygen atoms in total. The maximum absolute atomic E-state index is 5.41. The zero-order valence-electron chi connectivity index (χ0n) is 12.4. The Morgan fingerprint density at radius 1 is 1.14 bits per heavy atom. The SMILES string of the molecule is COc1ccc(CCNCc2cc3c(cc2Br)OCO3)cc1. The van der Waals surface area contributed by atoms with Crippen LogP contribution >= 0.6 is 15.9 Å². The fourth-order valence-electron chi connectivity index (χ4n) is 2.34. The minimum Gasteiger partial charge on any atom is -0.497 e. The van der Waals surface area contributed by atoms with Crippen LogP contribution in [0, 0.1) is 0 Å². The van der Waals surface area contributed by atoms with Crippen LogP contribution in [0.3, 0.4) is 0 Å². The van der Waals surface area contributed by atoms with Crippen LogP contribution in [0.25, 0.3) is 0 Å². The highest BCUT2D eigenvalue weighted by Gasteiger charge is 2.15. The first kappa shape index (κ1) is 15.2. The summed E-state index contributed by atoms with van der Waals surface area (Å²) in [6.07, 6.45) is 0.978. The smallest absolute Gasteiger partial charge is 0.231 e. The van der Waals surface area contributed by atoms with Gasteiger partial charge in [-0.15, -0.1) is 0 Å². The zero-order chi connectivity index (χ0) is 15.4.